The van der Waals surface area contributed by atoms with Crippen LogP contribution in [-0.2, 0) is 0 Å². The molecule has 0 unspecified atom stereocenters. The molecule has 0 fully saturated rings. The zero-order valence-electron chi connectivity index (χ0n) is 16.2. The Labute approximate surface area is 155 Å². The van der Waals surface area contributed by atoms with Crippen molar-refractivity contribution in [3.05, 3.63) is 42.2 Å². The number of rotatable bonds is 4. The van der Waals surface area contributed by atoms with Crippen LogP contribution in [0.15, 0.2) is 36.5 Å². The highest BCUT2D eigenvalue weighted by atomic mass is 28.4. The van der Waals surface area contributed by atoms with Crippen LogP contribution in [0.1, 0.15) is 26.5 Å². The smallest absolute Gasteiger partial charge is 0.250 e. The third-order valence-corrected chi connectivity index (χ3v) is 9.41. The van der Waals surface area contributed by atoms with Crippen LogP contribution in [0.25, 0.3) is 22.5 Å². The normalized spacial score (nSPS) is 12.2. The van der Waals surface area contributed by atoms with Crippen molar-refractivity contribution in [3.8, 4) is 28.3 Å². The lowest BCUT2D eigenvalue weighted by Gasteiger charge is -2.36. The van der Waals surface area contributed by atoms with Gasteiger partial charge in [-0.2, -0.15) is 5.21 Å². The Balaban J connectivity index is 1.95. The predicted octanol–water partition coefficient (Wildman–Crippen LogP) is 4.62. The summed E-state index contributed by atoms with van der Waals surface area (Å²) in [5.74, 6) is 1.46. The minimum atomic E-state index is -1.85. The van der Waals surface area contributed by atoms with Crippen molar-refractivity contribution < 1.29 is 4.43 Å². The second-order valence-electron chi connectivity index (χ2n) is 7.94. The van der Waals surface area contributed by atoms with E-state index in [4.69, 9.17) is 4.43 Å². The Hall–Kier alpha value is -2.54. The molecule has 1 N–H and O–H groups in total. The van der Waals surface area contributed by atoms with Crippen molar-refractivity contribution >= 4 is 8.32 Å². The monoisotopic (exact) mass is 367 g/mol. The van der Waals surface area contributed by atoms with Crippen LogP contribution in [-0.4, -0.2) is 33.9 Å². The first-order valence-electron chi connectivity index (χ1n) is 8.68. The fourth-order valence-electron chi connectivity index (χ4n) is 2.51. The standard InChI is InChI=1S/C19H25N5OSi/c1-13-17(18-21-23-24-22-18)16(11-12-20-13)14-7-9-15(10-8-14)25-26(5,6)19(2,3)4/h7-12H,1-6H3,(H,21,22,23,24). The second-order valence-corrected chi connectivity index (χ2v) is 12.7. The molecule has 0 saturated heterocycles. The molecule has 0 spiro atoms. The van der Waals surface area contributed by atoms with E-state index < -0.39 is 8.32 Å². The molecule has 7 heteroatoms. The summed E-state index contributed by atoms with van der Waals surface area (Å²) in [6, 6.07) is 10.2. The topological polar surface area (TPSA) is 76.6 Å². The number of tetrazole rings is 1. The van der Waals surface area contributed by atoms with Crippen molar-refractivity contribution in [2.24, 2.45) is 0 Å². The van der Waals surface area contributed by atoms with Gasteiger partial charge < -0.3 is 4.43 Å². The van der Waals surface area contributed by atoms with E-state index in [9.17, 15) is 0 Å². The molecule has 0 aliphatic heterocycles. The maximum absolute atomic E-state index is 6.37. The third-order valence-electron chi connectivity index (χ3n) is 5.05. The van der Waals surface area contributed by atoms with Gasteiger partial charge in [0, 0.05) is 11.9 Å². The summed E-state index contributed by atoms with van der Waals surface area (Å²) in [6.07, 6.45) is 1.80. The number of benzene rings is 1. The molecule has 1 aromatic carbocycles. The summed E-state index contributed by atoms with van der Waals surface area (Å²) in [4.78, 5) is 4.37. The number of aromatic amines is 1. The van der Waals surface area contributed by atoms with E-state index in [1.165, 1.54) is 0 Å². The lowest BCUT2D eigenvalue weighted by molar-refractivity contribution is 0.492. The molecule has 0 atom stereocenters. The van der Waals surface area contributed by atoms with Crippen molar-refractivity contribution in [2.45, 2.75) is 45.8 Å². The summed E-state index contributed by atoms with van der Waals surface area (Å²) in [6.45, 7) is 13.2. The number of pyridine rings is 1. The van der Waals surface area contributed by atoms with Gasteiger partial charge in [0.2, 0.25) is 14.1 Å². The Morgan fingerprint density at radius 1 is 1.04 bits per heavy atom. The molecule has 0 radical (unpaired) electrons. The predicted molar refractivity (Wildman–Crippen MR) is 105 cm³/mol. The fourth-order valence-corrected chi connectivity index (χ4v) is 3.54. The summed E-state index contributed by atoms with van der Waals surface area (Å²) in [5, 5.41) is 14.6. The number of H-pyrrole nitrogens is 1. The molecule has 136 valence electrons. The van der Waals surface area contributed by atoms with Crippen LogP contribution < -0.4 is 4.43 Å². The van der Waals surface area contributed by atoms with E-state index in [0.29, 0.717) is 5.82 Å². The Bertz CT molecular complexity index is 883. The summed E-state index contributed by atoms with van der Waals surface area (Å²) < 4.78 is 6.37. The number of hydrogen-bond donors (Lipinski definition) is 1. The quantitative estimate of drug-likeness (QED) is 0.681. The maximum Gasteiger partial charge on any atom is 0.250 e. The molecule has 0 bridgehead atoms. The highest BCUT2D eigenvalue weighted by molar-refractivity contribution is 6.74. The Kier molecular flexibility index (Phi) is 4.66. The van der Waals surface area contributed by atoms with Gasteiger partial charge in [0.15, 0.2) is 0 Å². The summed E-state index contributed by atoms with van der Waals surface area (Å²) in [7, 11) is -1.85. The van der Waals surface area contributed by atoms with Crippen LogP contribution in [0, 0.1) is 6.92 Å². The SMILES string of the molecule is Cc1nccc(-c2ccc(O[Si](C)(C)C(C)(C)C)cc2)c1-c1nn[nH]n1. The molecule has 0 saturated carbocycles. The van der Waals surface area contributed by atoms with Gasteiger partial charge >= 0.3 is 0 Å². The molecule has 26 heavy (non-hydrogen) atoms. The highest BCUT2D eigenvalue weighted by Crippen LogP contribution is 2.38. The van der Waals surface area contributed by atoms with Crippen LogP contribution in [0.5, 0.6) is 5.75 Å². The molecule has 2 heterocycles. The van der Waals surface area contributed by atoms with Gasteiger partial charge in [0.05, 0.1) is 5.56 Å². The van der Waals surface area contributed by atoms with Gasteiger partial charge in [0.1, 0.15) is 5.75 Å². The first-order valence-corrected chi connectivity index (χ1v) is 11.6. The molecular weight excluding hydrogens is 342 g/mol. The fraction of sp³-hybridized carbons (Fsp3) is 0.368. The number of nitrogens with zero attached hydrogens (tertiary/aromatic N) is 4. The van der Waals surface area contributed by atoms with Crippen LogP contribution >= 0.6 is 0 Å². The maximum atomic E-state index is 6.37. The zero-order chi connectivity index (χ0) is 18.9. The lowest BCUT2D eigenvalue weighted by Crippen LogP contribution is -2.43. The van der Waals surface area contributed by atoms with Crippen molar-refractivity contribution in [1.82, 2.24) is 25.6 Å². The van der Waals surface area contributed by atoms with E-state index in [0.717, 1.165) is 28.1 Å². The molecular formula is C19H25N5OSi. The molecule has 0 aliphatic rings. The van der Waals surface area contributed by atoms with Gasteiger partial charge in [-0.25, -0.2) is 0 Å². The van der Waals surface area contributed by atoms with Gasteiger partial charge in [0.25, 0.3) is 0 Å². The number of aromatic nitrogens is 5. The van der Waals surface area contributed by atoms with E-state index in [-0.39, 0.29) is 5.04 Å². The average molecular weight is 368 g/mol. The Morgan fingerprint density at radius 3 is 2.31 bits per heavy atom. The van der Waals surface area contributed by atoms with E-state index in [2.05, 4.69) is 71.6 Å². The number of nitrogens with one attached hydrogen (secondary N) is 1. The summed E-state index contributed by atoms with van der Waals surface area (Å²) in [5.41, 5.74) is 3.85. The van der Waals surface area contributed by atoms with Gasteiger partial charge in [-0.3, -0.25) is 4.98 Å². The van der Waals surface area contributed by atoms with Crippen LogP contribution in [0.4, 0.5) is 0 Å². The largest absolute Gasteiger partial charge is 0.544 e. The van der Waals surface area contributed by atoms with Gasteiger partial charge in [-0.15, -0.1) is 10.2 Å². The molecule has 6 nitrogen and oxygen atoms in total. The second kappa shape index (κ2) is 6.64. The van der Waals surface area contributed by atoms with Crippen LogP contribution in [0.3, 0.4) is 0 Å². The van der Waals surface area contributed by atoms with E-state index in [1.807, 2.05) is 25.1 Å². The minimum Gasteiger partial charge on any atom is -0.544 e. The van der Waals surface area contributed by atoms with Crippen molar-refractivity contribution in [3.63, 3.8) is 0 Å². The first-order chi connectivity index (χ1) is 12.2. The molecule has 0 amide bonds. The molecule has 2 aromatic heterocycles. The number of hydrogen-bond acceptors (Lipinski definition) is 5. The zero-order valence-corrected chi connectivity index (χ0v) is 17.2. The molecule has 3 rings (SSSR count). The average Bonchev–Trinajstić information content (AvgIpc) is 3.08. The minimum absolute atomic E-state index is 0.166. The van der Waals surface area contributed by atoms with E-state index in [1.54, 1.807) is 6.20 Å². The highest BCUT2D eigenvalue weighted by Gasteiger charge is 2.38. The third kappa shape index (κ3) is 3.53. The molecule has 3 aromatic rings. The summed E-state index contributed by atoms with van der Waals surface area (Å²) >= 11 is 0. The van der Waals surface area contributed by atoms with Crippen molar-refractivity contribution in [2.75, 3.05) is 0 Å². The van der Waals surface area contributed by atoms with Gasteiger partial charge in [-0.05, 0) is 59.6 Å². The van der Waals surface area contributed by atoms with Crippen LogP contribution in [0.2, 0.25) is 18.1 Å². The lowest BCUT2D eigenvalue weighted by atomic mass is 9.99. The Morgan fingerprint density at radius 2 is 1.73 bits per heavy atom. The van der Waals surface area contributed by atoms with E-state index >= 15 is 0 Å². The molecule has 0 aliphatic carbocycles. The van der Waals surface area contributed by atoms with Crippen molar-refractivity contribution in [1.29, 1.82) is 0 Å². The van der Waals surface area contributed by atoms with Gasteiger partial charge in [-0.1, -0.05) is 32.9 Å². The first kappa shape index (κ1) is 18.3. The number of aryl methyl sites for hydroxylation is 1.